The molecule has 1 aliphatic heterocycles. The number of carbonyl (C=O) groups excluding carboxylic acids is 2. The van der Waals surface area contributed by atoms with Gasteiger partial charge in [-0.05, 0) is 29.7 Å². The van der Waals surface area contributed by atoms with Crippen LogP contribution in [0.5, 0.6) is 0 Å². The fourth-order valence-corrected chi connectivity index (χ4v) is 3.01. The average molecular weight is 337 g/mol. The lowest BCUT2D eigenvalue weighted by Gasteiger charge is -2.16. The Balaban J connectivity index is 1.49. The van der Waals surface area contributed by atoms with Gasteiger partial charge in [0, 0.05) is 37.7 Å². The van der Waals surface area contributed by atoms with E-state index in [1.54, 1.807) is 4.90 Å². The van der Waals surface area contributed by atoms with Gasteiger partial charge in [-0.3, -0.25) is 9.59 Å². The average Bonchev–Trinajstić information content (AvgIpc) is 3.07. The molecule has 5 heteroatoms. The lowest BCUT2D eigenvalue weighted by Crippen LogP contribution is -2.27. The van der Waals surface area contributed by atoms with Crippen molar-refractivity contribution in [3.8, 4) is 0 Å². The van der Waals surface area contributed by atoms with Gasteiger partial charge in [0.25, 0.3) is 0 Å². The molecule has 1 heterocycles. The number of nitrogens with two attached hydrogens (primary N) is 1. The zero-order valence-electron chi connectivity index (χ0n) is 14.2. The van der Waals surface area contributed by atoms with Crippen LogP contribution in [0, 0.1) is 0 Å². The number of rotatable bonds is 6. The van der Waals surface area contributed by atoms with Crippen molar-refractivity contribution in [1.29, 1.82) is 0 Å². The number of nitrogens with zero attached hydrogens (tertiary/aromatic N) is 1. The third kappa shape index (κ3) is 4.45. The molecule has 0 aliphatic carbocycles. The molecular formula is C20H23N3O2. The van der Waals surface area contributed by atoms with Crippen molar-refractivity contribution >= 4 is 17.5 Å². The Morgan fingerprint density at radius 2 is 1.84 bits per heavy atom. The molecule has 3 N–H and O–H groups in total. The summed E-state index contributed by atoms with van der Waals surface area (Å²) in [7, 11) is 0. The number of hydrogen-bond donors (Lipinski definition) is 2. The molecular weight excluding hydrogens is 314 g/mol. The Bertz CT molecular complexity index is 728. The van der Waals surface area contributed by atoms with Crippen molar-refractivity contribution in [2.75, 3.05) is 11.4 Å². The summed E-state index contributed by atoms with van der Waals surface area (Å²) < 4.78 is 0. The molecule has 1 saturated heterocycles. The van der Waals surface area contributed by atoms with Crippen LogP contribution in [0.15, 0.2) is 54.6 Å². The molecule has 3 rings (SSSR count). The van der Waals surface area contributed by atoms with Crippen LogP contribution in [0.4, 0.5) is 5.69 Å². The second-order valence-electron chi connectivity index (χ2n) is 6.31. The van der Waals surface area contributed by atoms with Gasteiger partial charge in [-0.2, -0.15) is 0 Å². The van der Waals surface area contributed by atoms with E-state index < -0.39 is 0 Å². The van der Waals surface area contributed by atoms with Gasteiger partial charge in [-0.15, -0.1) is 0 Å². The summed E-state index contributed by atoms with van der Waals surface area (Å²) in [6.45, 7) is 1.24. The van der Waals surface area contributed by atoms with Gasteiger partial charge < -0.3 is 16.0 Å². The van der Waals surface area contributed by atoms with Crippen LogP contribution < -0.4 is 16.0 Å². The molecule has 0 bridgehead atoms. The second-order valence-corrected chi connectivity index (χ2v) is 6.31. The summed E-state index contributed by atoms with van der Waals surface area (Å²) in [5.41, 5.74) is 8.94. The number of amides is 2. The normalized spacial score (nSPS) is 15.2. The van der Waals surface area contributed by atoms with Crippen LogP contribution in [0.2, 0.25) is 0 Å². The summed E-state index contributed by atoms with van der Waals surface area (Å²) in [6.07, 6.45) is 1.79. The highest BCUT2D eigenvalue weighted by molar-refractivity contribution is 5.95. The summed E-state index contributed by atoms with van der Waals surface area (Å²) in [5.74, 6) is 0.103. The van der Waals surface area contributed by atoms with E-state index in [-0.39, 0.29) is 24.3 Å². The van der Waals surface area contributed by atoms with Crippen molar-refractivity contribution in [3.05, 3.63) is 65.7 Å². The van der Waals surface area contributed by atoms with Crippen molar-refractivity contribution in [1.82, 2.24) is 5.32 Å². The molecule has 0 spiro atoms. The summed E-state index contributed by atoms with van der Waals surface area (Å²) in [5, 5.41) is 2.90. The van der Waals surface area contributed by atoms with Crippen molar-refractivity contribution < 1.29 is 9.59 Å². The fraction of sp³-hybridized carbons (Fsp3) is 0.300. The van der Waals surface area contributed by atoms with E-state index in [0.717, 1.165) is 29.8 Å². The van der Waals surface area contributed by atoms with Gasteiger partial charge in [0.1, 0.15) is 0 Å². The predicted octanol–water partition coefficient (Wildman–Crippen LogP) is 2.52. The van der Waals surface area contributed by atoms with E-state index in [1.165, 1.54) is 0 Å². The summed E-state index contributed by atoms with van der Waals surface area (Å²) in [4.78, 5) is 25.6. The molecule has 25 heavy (non-hydrogen) atoms. The Morgan fingerprint density at radius 1 is 1.12 bits per heavy atom. The van der Waals surface area contributed by atoms with E-state index in [4.69, 9.17) is 5.73 Å². The molecule has 1 unspecified atom stereocenters. The second kappa shape index (κ2) is 7.94. The van der Waals surface area contributed by atoms with Gasteiger partial charge in [-0.1, -0.05) is 42.5 Å². The maximum Gasteiger partial charge on any atom is 0.227 e. The van der Waals surface area contributed by atoms with Gasteiger partial charge in [0.2, 0.25) is 11.8 Å². The lowest BCUT2D eigenvalue weighted by atomic mass is 10.0. The number of anilines is 1. The van der Waals surface area contributed by atoms with E-state index in [2.05, 4.69) is 5.32 Å². The fourth-order valence-electron chi connectivity index (χ4n) is 3.01. The minimum atomic E-state index is -0.301. The monoisotopic (exact) mass is 337 g/mol. The number of benzene rings is 2. The number of nitrogens with one attached hydrogen (secondary N) is 1. The Labute approximate surface area is 147 Å². The highest BCUT2D eigenvalue weighted by Crippen LogP contribution is 2.21. The van der Waals surface area contributed by atoms with Gasteiger partial charge in [0.15, 0.2) is 0 Å². The third-order valence-corrected chi connectivity index (χ3v) is 4.44. The molecule has 2 aromatic rings. The van der Waals surface area contributed by atoms with E-state index >= 15 is 0 Å². The predicted molar refractivity (Wildman–Crippen MR) is 97.9 cm³/mol. The van der Waals surface area contributed by atoms with Gasteiger partial charge >= 0.3 is 0 Å². The highest BCUT2D eigenvalue weighted by Gasteiger charge is 2.21. The molecule has 1 atom stereocenters. The summed E-state index contributed by atoms with van der Waals surface area (Å²) >= 11 is 0. The maximum atomic E-state index is 12.1. The molecule has 5 nitrogen and oxygen atoms in total. The molecule has 130 valence electrons. The van der Waals surface area contributed by atoms with E-state index in [9.17, 15) is 9.59 Å². The minimum Gasteiger partial charge on any atom is -0.352 e. The van der Waals surface area contributed by atoms with Crippen LogP contribution in [0.1, 0.15) is 36.4 Å². The van der Waals surface area contributed by atoms with E-state index in [0.29, 0.717) is 13.0 Å². The molecule has 0 saturated carbocycles. The molecule has 0 aromatic heterocycles. The standard InChI is InChI=1S/C20H23N3O2/c21-18(16-5-2-1-3-6-16)13-19(24)22-14-15-8-10-17(11-9-15)23-12-4-7-20(23)25/h1-3,5-6,8-11,18H,4,7,12-14,21H2,(H,22,24). The minimum absolute atomic E-state index is 0.0739. The first kappa shape index (κ1) is 17.2. The van der Waals surface area contributed by atoms with Crippen molar-refractivity contribution in [3.63, 3.8) is 0 Å². The Kier molecular flexibility index (Phi) is 5.46. The SMILES string of the molecule is NC(CC(=O)NCc1ccc(N2CCCC2=O)cc1)c1ccccc1. The molecule has 1 fully saturated rings. The largest absolute Gasteiger partial charge is 0.352 e. The van der Waals surface area contributed by atoms with Crippen LogP contribution in [0.25, 0.3) is 0 Å². The van der Waals surface area contributed by atoms with Gasteiger partial charge in [0.05, 0.1) is 0 Å². The molecule has 2 aromatic carbocycles. The first-order valence-corrected chi connectivity index (χ1v) is 8.60. The van der Waals surface area contributed by atoms with Crippen molar-refractivity contribution in [2.24, 2.45) is 5.73 Å². The zero-order valence-corrected chi connectivity index (χ0v) is 14.2. The molecule has 2 amide bonds. The molecule has 0 radical (unpaired) electrons. The third-order valence-electron chi connectivity index (χ3n) is 4.44. The quantitative estimate of drug-likeness (QED) is 0.850. The highest BCUT2D eigenvalue weighted by atomic mass is 16.2. The first-order chi connectivity index (χ1) is 12.1. The Hall–Kier alpha value is -2.66. The molecule has 1 aliphatic rings. The number of carbonyl (C=O) groups is 2. The first-order valence-electron chi connectivity index (χ1n) is 8.60. The lowest BCUT2D eigenvalue weighted by molar-refractivity contribution is -0.121. The van der Waals surface area contributed by atoms with Crippen LogP contribution in [-0.2, 0) is 16.1 Å². The zero-order chi connectivity index (χ0) is 17.6. The van der Waals surface area contributed by atoms with Gasteiger partial charge in [-0.25, -0.2) is 0 Å². The van der Waals surface area contributed by atoms with E-state index in [1.807, 2.05) is 54.6 Å². The van der Waals surface area contributed by atoms with Crippen LogP contribution in [0.3, 0.4) is 0 Å². The Morgan fingerprint density at radius 3 is 2.48 bits per heavy atom. The number of hydrogen-bond acceptors (Lipinski definition) is 3. The topological polar surface area (TPSA) is 75.4 Å². The smallest absolute Gasteiger partial charge is 0.227 e. The van der Waals surface area contributed by atoms with Crippen LogP contribution in [-0.4, -0.2) is 18.4 Å². The summed E-state index contributed by atoms with van der Waals surface area (Å²) in [6, 6.07) is 17.1. The maximum absolute atomic E-state index is 12.1. The van der Waals surface area contributed by atoms with Crippen LogP contribution >= 0.6 is 0 Å². The van der Waals surface area contributed by atoms with Crippen molar-refractivity contribution in [2.45, 2.75) is 31.8 Å².